The summed E-state index contributed by atoms with van der Waals surface area (Å²) in [6, 6.07) is 8.34. The molecule has 0 saturated heterocycles. The first-order valence-corrected chi connectivity index (χ1v) is 7.79. The monoisotopic (exact) mass is 253 g/mol. The molecule has 0 aromatic heterocycles. The van der Waals surface area contributed by atoms with Crippen molar-refractivity contribution in [3.8, 4) is 0 Å². The summed E-state index contributed by atoms with van der Waals surface area (Å²) in [7, 11) is -3.03. The van der Waals surface area contributed by atoms with Crippen molar-refractivity contribution in [1.82, 2.24) is 4.31 Å². The largest absolute Gasteiger partial charge is 0.213 e. The molecular weight excluding hydrogens is 234 g/mol. The van der Waals surface area contributed by atoms with Gasteiger partial charge in [-0.3, -0.25) is 0 Å². The predicted molar refractivity (Wildman–Crippen MR) is 69.5 cm³/mol. The normalized spacial score (nSPS) is 18.2. The fourth-order valence-electron chi connectivity index (χ4n) is 2.31. The van der Waals surface area contributed by atoms with Crippen LogP contribution in [0.1, 0.15) is 24.5 Å². The molecule has 2 rings (SSSR count). The fourth-order valence-corrected chi connectivity index (χ4v) is 3.45. The summed E-state index contributed by atoms with van der Waals surface area (Å²) in [5.41, 5.74) is 2.67. The molecule has 0 fully saturated rings. The predicted octanol–water partition coefficient (Wildman–Crippen LogP) is 1.83. The van der Waals surface area contributed by atoms with Crippen LogP contribution in [-0.4, -0.2) is 31.6 Å². The highest BCUT2D eigenvalue weighted by molar-refractivity contribution is 7.89. The lowest BCUT2D eigenvalue weighted by Gasteiger charge is -2.24. The quantitative estimate of drug-likeness (QED) is 0.806. The highest BCUT2D eigenvalue weighted by Crippen LogP contribution is 2.17. The van der Waals surface area contributed by atoms with Gasteiger partial charge in [-0.1, -0.05) is 24.3 Å². The smallest absolute Gasteiger partial charge is 0.212 e. The Morgan fingerprint density at radius 3 is 2.41 bits per heavy atom. The number of sulfonamides is 1. The Balaban J connectivity index is 2.17. The van der Waals surface area contributed by atoms with Crippen LogP contribution in [-0.2, 0) is 22.9 Å². The zero-order valence-corrected chi connectivity index (χ0v) is 11.0. The van der Waals surface area contributed by atoms with Crippen LogP contribution in [0, 0.1) is 0 Å². The number of fused-ring (bicyclic) bond motifs is 1. The van der Waals surface area contributed by atoms with Gasteiger partial charge in [0.2, 0.25) is 10.0 Å². The van der Waals surface area contributed by atoms with Gasteiger partial charge in [-0.05, 0) is 37.3 Å². The van der Waals surface area contributed by atoms with Crippen LogP contribution >= 0.6 is 0 Å². The summed E-state index contributed by atoms with van der Waals surface area (Å²) in [4.78, 5) is 0. The minimum atomic E-state index is -3.03. The molecule has 1 aliphatic rings. The van der Waals surface area contributed by atoms with Crippen LogP contribution in [0.2, 0.25) is 0 Å². The minimum absolute atomic E-state index is 0.203. The fraction of sp³-hybridized carbons (Fsp3) is 0.538. The van der Waals surface area contributed by atoms with Crippen molar-refractivity contribution in [1.29, 1.82) is 0 Å². The first kappa shape index (κ1) is 12.6. The highest BCUT2D eigenvalue weighted by Gasteiger charge is 2.21. The summed E-state index contributed by atoms with van der Waals surface area (Å²) in [6.07, 6.45) is 2.72. The third kappa shape index (κ3) is 2.87. The Labute approximate surface area is 104 Å². The molecule has 3 nitrogen and oxygen atoms in total. The average Bonchev–Trinajstić information content (AvgIpc) is 2.30. The van der Waals surface area contributed by atoms with Crippen LogP contribution in [0.3, 0.4) is 0 Å². The molecule has 0 radical (unpaired) electrons. The Bertz CT molecular complexity index is 482. The van der Waals surface area contributed by atoms with E-state index >= 15 is 0 Å². The third-order valence-corrected chi connectivity index (χ3v) is 5.24. The first-order chi connectivity index (χ1) is 8.13. The Morgan fingerprint density at radius 2 is 1.76 bits per heavy atom. The van der Waals surface area contributed by atoms with Gasteiger partial charge in [0.1, 0.15) is 0 Å². The molecule has 0 bridgehead atoms. The van der Waals surface area contributed by atoms with E-state index in [0.717, 1.165) is 19.3 Å². The van der Waals surface area contributed by atoms with E-state index in [2.05, 4.69) is 18.2 Å². The van der Waals surface area contributed by atoms with Crippen LogP contribution < -0.4 is 0 Å². The Hall–Kier alpha value is -0.870. The van der Waals surface area contributed by atoms with Gasteiger partial charge in [-0.25, -0.2) is 12.7 Å². The van der Waals surface area contributed by atoms with Gasteiger partial charge in [0.05, 0.1) is 5.75 Å². The number of nitrogens with zero attached hydrogens (tertiary/aromatic N) is 1. The second kappa shape index (κ2) is 5.19. The van der Waals surface area contributed by atoms with Gasteiger partial charge in [0.25, 0.3) is 0 Å². The molecule has 0 spiro atoms. The van der Waals surface area contributed by atoms with Crippen LogP contribution in [0.25, 0.3) is 0 Å². The maximum Gasteiger partial charge on any atom is 0.213 e. The van der Waals surface area contributed by atoms with Gasteiger partial charge < -0.3 is 0 Å². The molecule has 0 aliphatic carbocycles. The lowest BCUT2D eigenvalue weighted by Crippen LogP contribution is -2.36. The molecule has 0 unspecified atom stereocenters. The molecule has 1 aromatic carbocycles. The van der Waals surface area contributed by atoms with Crippen LogP contribution in [0.5, 0.6) is 0 Å². The van der Waals surface area contributed by atoms with Gasteiger partial charge in [-0.15, -0.1) is 0 Å². The second-order valence-corrected chi connectivity index (χ2v) is 6.68. The van der Waals surface area contributed by atoms with Crippen LogP contribution in [0.15, 0.2) is 24.3 Å². The van der Waals surface area contributed by atoms with Crippen molar-refractivity contribution in [2.75, 3.05) is 18.8 Å². The maximum atomic E-state index is 11.9. The highest BCUT2D eigenvalue weighted by atomic mass is 32.2. The SMILES string of the molecule is CCS(=O)(=O)N1CCCc2ccccc2CC1. The van der Waals surface area contributed by atoms with Gasteiger partial charge in [-0.2, -0.15) is 0 Å². The summed E-state index contributed by atoms with van der Waals surface area (Å²) >= 11 is 0. The van der Waals surface area contributed by atoms with Crippen LogP contribution in [0.4, 0.5) is 0 Å². The molecule has 0 atom stereocenters. The van der Waals surface area contributed by atoms with E-state index < -0.39 is 10.0 Å². The summed E-state index contributed by atoms with van der Waals surface area (Å²) in [5, 5.41) is 0. The zero-order valence-electron chi connectivity index (χ0n) is 10.2. The zero-order chi connectivity index (χ0) is 12.3. The van der Waals surface area contributed by atoms with E-state index in [-0.39, 0.29) is 5.75 Å². The van der Waals surface area contributed by atoms with E-state index in [1.165, 1.54) is 11.1 Å². The second-order valence-electron chi connectivity index (χ2n) is 4.42. The molecule has 1 heterocycles. The number of aryl methyl sites for hydroxylation is 1. The van der Waals surface area contributed by atoms with Gasteiger partial charge in [0.15, 0.2) is 0 Å². The Morgan fingerprint density at radius 1 is 1.12 bits per heavy atom. The molecule has 4 heteroatoms. The lowest BCUT2D eigenvalue weighted by molar-refractivity contribution is 0.401. The van der Waals surface area contributed by atoms with E-state index in [4.69, 9.17) is 0 Å². The summed E-state index contributed by atoms with van der Waals surface area (Å²) < 4.78 is 25.4. The molecule has 1 aromatic rings. The molecule has 0 amide bonds. The summed E-state index contributed by atoms with van der Waals surface area (Å²) in [5.74, 6) is 0.203. The van der Waals surface area contributed by atoms with E-state index in [1.807, 2.05) is 6.07 Å². The molecule has 17 heavy (non-hydrogen) atoms. The maximum absolute atomic E-state index is 11.9. The van der Waals surface area contributed by atoms with E-state index in [9.17, 15) is 8.42 Å². The lowest BCUT2D eigenvalue weighted by atomic mass is 9.99. The van der Waals surface area contributed by atoms with E-state index in [0.29, 0.717) is 13.1 Å². The number of hydrogen-bond donors (Lipinski definition) is 0. The Kier molecular flexibility index (Phi) is 3.84. The first-order valence-electron chi connectivity index (χ1n) is 6.18. The van der Waals surface area contributed by atoms with Gasteiger partial charge >= 0.3 is 0 Å². The third-order valence-electron chi connectivity index (χ3n) is 3.36. The number of hydrogen-bond acceptors (Lipinski definition) is 2. The van der Waals surface area contributed by atoms with Crippen molar-refractivity contribution in [3.63, 3.8) is 0 Å². The molecule has 0 saturated carbocycles. The summed E-state index contributed by atoms with van der Waals surface area (Å²) in [6.45, 7) is 2.99. The molecule has 0 N–H and O–H groups in total. The van der Waals surface area contributed by atoms with Crippen molar-refractivity contribution in [2.24, 2.45) is 0 Å². The molecule has 1 aliphatic heterocycles. The molecule has 94 valence electrons. The number of benzene rings is 1. The minimum Gasteiger partial charge on any atom is -0.212 e. The van der Waals surface area contributed by atoms with Crippen molar-refractivity contribution < 1.29 is 8.42 Å². The molecular formula is C13H19NO2S. The van der Waals surface area contributed by atoms with Crippen molar-refractivity contribution in [2.45, 2.75) is 26.2 Å². The van der Waals surface area contributed by atoms with Gasteiger partial charge in [0, 0.05) is 13.1 Å². The standard InChI is InChI=1S/C13H19NO2S/c1-2-17(15,16)14-10-5-8-12-6-3-4-7-13(12)9-11-14/h3-4,6-7H,2,5,8-11H2,1H3. The average molecular weight is 253 g/mol. The van der Waals surface area contributed by atoms with E-state index in [1.54, 1.807) is 11.2 Å². The van der Waals surface area contributed by atoms with Crippen molar-refractivity contribution in [3.05, 3.63) is 35.4 Å². The topological polar surface area (TPSA) is 37.4 Å². The van der Waals surface area contributed by atoms with Crippen molar-refractivity contribution >= 4 is 10.0 Å². The number of rotatable bonds is 2.